The van der Waals surface area contributed by atoms with Crippen LogP contribution < -0.4 is 16.2 Å². The topological polar surface area (TPSA) is 115 Å². The Balaban J connectivity index is 3.11. The molecule has 108 valence electrons. The van der Waals surface area contributed by atoms with Gasteiger partial charge in [-0.2, -0.15) is 4.72 Å². The van der Waals surface area contributed by atoms with E-state index < -0.39 is 22.0 Å². The highest BCUT2D eigenvalue weighted by Gasteiger charge is 2.22. The molecule has 0 saturated carbocycles. The van der Waals surface area contributed by atoms with E-state index in [0.717, 1.165) is 0 Å². The molecule has 6 nitrogen and oxygen atoms in total. The standard InChI is InChI=1S/C12H14ClN3O3S/c1-8(12(15)17)16-20(18,19)11-5-4-9(3-2-6-14)7-10(11)13/h4-5,7-8,16H,6,14H2,1H3,(H2,15,17). The number of sulfonamides is 1. The molecule has 1 rings (SSSR count). The van der Waals surface area contributed by atoms with E-state index in [0.29, 0.717) is 5.56 Å². The first kappa shape index (κ1) is 16.5. The SMILES string of the molecule is CC(NS(=O)(=O)c1ccc(C#CCN)cc1Cl)C(N)=O. The molecular weight excluding hydrogens is 302 g/mol. The number of hydrogen-bond acceptors (Lipinski definition) is 4. The molecule has 0 spiro atoms. The summed E-state index contributed by atoms with van der Waals surface area (Å²) in [5, 5.41) is -0.00186. The number of hydrogen-bond donors (Lipinski definition) is 3. The first-order valence-corrected chi connectivity index (χ1v) is 7.44. The molecule has 0 saturated heterocycles. The third-order valence-corrected chi connectivity index (χ3v) is 4.34. The monoisotopic (exact) mass is 315 g/mol. The molecule has 0 heterocycles. The number of benzene rings is 1. The number of nitrogens with one attached hydrogen (secondary N) is 1. The summed E-state index contributed by atoms with van der Waals surface area (Å²) in [7, 11) is -3.93. The average Bonchev–Trinajstić information content (AvgIpc) is 2.35. The largest absolute Gasteiger partial charge is 0.368 e. The van der Waals surface area contributed by atoms with E-state index >= 15 is 0 Å². The molecule has 8 heteroatoms. The molecule has 20 heavy (non-hydrogen) atoms. The van der Waals surface area contributed by atoms with Gasteiger partial charge in [0.05, 0.1) is 17.6 Å². The quantitative estimate of drug-likeness (QED) is 0.667. The van der Waals surface area contributed by atoms with Crippen molar-refractivity contribution >= 4 is 27.5 Å². The minimum absolute atomic E-state index is 0.00186. The van der Waals surface area contributed by atoms with Crippen LogP contribution in [0.5, 0.6) is 0 Å². The second kappa shape index (κ2) is 6.72. The summed E-state index contributed by atoms with van der Waals surface area (Å²) in [6.07, 6.45) is 0. The van der Waals surface area contributed by atoms with Crippen LogP contribution in [0.2, 0.25) is 5.02 Å². The highest BCUT2D eigenvalue weighted by Crippen LogP contribution is 2.22. The maximum atomic E-state index is 12.0. The van der Waals surface area contributed by atoms with Crippen LogP contribution in [0.3, 0.4) is 0 Å². The van der Waals surface area contributed by atoms with Gasteiger partial charge in [0.25, 0.3) is 0 Å². The van der Waals surface area contributed by atoms with Gasteiger partial charge >= 0.3 is 0 Å². The zero-order valence-corrected chi connectivity index (χ0v) is 12.3. The minimum atomic E-state index is -3.93. The second-order valence-corrected chi connectivity index (χ2v) is 5.99. The van der Waals surface area contributed by atoms with Crippen molar-refractivity contribution in [2.45, 2.75) is 17.9 Å². The third-order valence-electron chi connectivity index (χ3n) is 2.31. The first-order chi connectivity index (χ1) is 9.27. The number of rotatable bonds is 4. The number of halogens is 1. The Kier molecular flexibility index (Phi) is 5.53. The van der Waals surface area contributed by atoms with Crippen LogP contribution in [0.15, 0.2) is 23.1 Å². The molecule has 0 bridgehead atoms. The van der Waals surface area contributed by atoms with Crippen molar-refractivity contribution in [2.75, 3.05) is 6.54 Å². The molecule has 1 aromatic rings. The van der Waals surface area contributed by atoms with Crippen molar-refractivity contribution in [3.8, 4) is 11.8 Å². The molecule has 0 radical (unpaired) electrons. The number of carbonyl (C=O) groups excluding carboxylic acids is 1. The van der Waals surface area contributed by atoms with Gasteiger partial charge in [-0.15, -0.1) is 0 Å². The van der Waals surface area contributed by atoms with E-state index in [1.165, 1.54) is 25.1 Å². The summed E-state index contributed by atoms with van der Waals surface area (Å²) < 4.78 is 26.2. The highest BCUT2D eigenvalue weighted by molar-refractivity contribution is 7.89. The van der Waals surface area contributed by atoms with E-state index in [2.05, 4.69) is 16.6 Å². The van der Waals surface area contributed by atoms with E-state index in [1.807, 2.05) is 0 Å². The lowest BCUT2D eigenvalue weighted by molar-refractivity contribution is -0.119. The molecule has 5 N–H and O–H groups in total. The van der Waals surface area contributed by atoms with Crippen molar-refractivity contribution in [1.29, 1.82) is 0 Å². The summed E-state index contributed by atoms with van der Waals surface area (Å²) in [6.45, 7) is 1.53. The van der Waals surface area contributed by atoms with Crippen LogP contribution in [-0.4, -0.2) is 26.9 Å². The van der Waals surface area contributed by atoms with E-state index in [9.17, 15) is 13.2 Å². The predicted molar refractivity (Wildman–Crippen MR) is 76.4 cm³/mol. The van der Waals surface area contributed by atoms with E-state index in [4.69, 9.17) is 23.1 Å². The molecule has 1 unspecified atom stereocenters. The lowest BCUT2D eigenvalue weighted by Crippen LogP contribution is -2.42. The molecule has 0 fully saturated rings. The van der Waals surface area contributed by atoms with Crippen LogP contribution >= 0.6 is 11.6 Å². The number of amides is 1. The Morgan fingerprint density at radius 2 is 2.15 bits per heavy atom. The van der Waals surface area contributed by atoms with Gasteiger partial charge in [-0.25, -0.2) is 8.42 Å². The maximum Gasteiger partial charge on any atom is 0.242 e. The lowest BCUT2D eigenvalue weighted by Gasteiger charge is -2.12. The summed E-state index contributed by atoms with van der Waals surface area (Å²) in [4.78, 5) is 10.8. The van der Waals surface area contributed by atoms with E-state index in [1.54, 1.807) is 0 Å². The molecule has 1 atom stereocenters. The molecular formula is C12H14ClN3O3S. The fraction of sp³-hybridized carbons (Fsp3) is 0.250. The number of primary amides is 1. The van der Waals surface area contributed by atoms with Gasteiger partial charge in [0.1, 0.15) is 4.90 Å². The average molecular weight is 316 g/mol. The van der Waals surface area contributed by atoms with Gasteiger partial charge in [-0.1, -0.05) is 23.4 Å². The van der Waals surface area contributed by atoms with Gasteiger partial charge in [-0.3, -0.25) is 4.79 Å². The van der Waals surface area contributed by atoms with Crippen LogP contribution in [0.4, 0.5) is 0 Å². The van der Waals surface area contributed by atoms with Crippen LogP contribution in [0.25, 0.3) is 0 Å². The zero-order chi connectivity index (χ0) is 15.3. The Hall–Kier alpha value is -1.59. The van der Waals surface area contributed by atoms with Gasteiger partial charge in [0.15, 0.2) is 0 Å². The fourth-order valence-electron chi connectivity index (χ4n) is 1.30. The summed E-state index contributed by atoms with van der Waals surface area (Å²) in [6, 6.07) is 3.18. The molecule has 0 aliphatic carbocycles. The minimum Gasteiger partial charge on any atom is -0.368 e. The van der Waals surface area contributed by atoms with Crippen LogP contribution in [0, 0.1) is 11.8 Å². The second-order valence-electron chi connectivity index (χ2n) is 3.90. The number of nitrogens with two attached hydrogens (primary N) is 2. The smallest absolute Gasteiger partial charge is 0.242 e. The van der Waals surface area contributed by atoms with Crippen LogP contribution in [-0.2, 0) is 14.8 Å². The molecule has 1 amide bonds. The summed E-state index contributed by atoms with van der Waals surface area (Å²) in [5.41, 5.74) is 10.8. The van der Waals surface area contributed by atoms with Gasteiger partial charge in [0, 0.05) is 5.56 Å². The van der Waals surface area contributed by atoms with Crippen molar-refractivity contribution < 1.29 is 13.2 Å². The zero-order valence-electron chi connectivity index (χ0n) is 10.7. The normalized spacial score (nSPS) is 12.3. The Labute approximate surface area is 122 Å². The third kappa shape index (κ3) is 4.21. The maximum absolute atomic E-state index is 12.0. The molecule has 1 aromatic carbocycles. The highest BCUT2D eigenvalue weighted by atomic mass is 35.5. The van der Waals surface area contributed by atoms with Gasteiger partial charge in [-0.05, 0) is 25.1 Å². The summed E-state index contributed by atoms with van der Waals surface area (Å²) >= 11 is 5.92. The van der Waals surface area contributed by atoms with Gasteiger partial charge < -0.3 is 11.5 Å². The van der Waals surface area contributed by atoms with Crippen molar-refractivity contribution in [2.24, 2.45) is 11.5 Å². The molecule has 0 aliphatic heterocycles. The Morgan fingerprint density at radius 1 is 1.50 bits per heavy atom. The van der Waals surface area contributed by atoms with Crippen LogP contribution in [0.1, 0.15) is 12.5 Å². The lowest BCUT2D eigenvalue weighted by atomic mass is 10.2. The first-order valence-electron chi connectivity index (χ1n) is 5.58. The molecule has 0 aliphatic rings. The van der Waals surface area contributed by atoms with Crippen molar-refractivity contribution in [3.05, 3.63) is 28.8 Å². The Bertz CT molecular complexity index is 677. The van der Waals surface area contributed by atoms with E-state index in [-0.39, 0.29) is 16.5 Å². The van der Waals surface area contributed by atoms with Crippen molar-refractivity contribution in [1.82, 2.24) is 4.72 Å². The number of carbonyl (C=O) groups is 1. The fourth-order valence-corrected chi connectivity index (χ4v) is 3.06. The Morgan fingerprint density at radius 3 is 2.65 bits per heavy atom. The predicted octanol–water partition coefficient (Wildman–Crippen LogP) is -0.198. The van der Waals surface area contributed by atoms with Gasteiger partial charge in [0.2, 0.25) is 15.9 Å². The molecule has 0 aromatic heterocycles. The summed E-state index contributed by atoms with van der Waals surface area (Å²) in [5.74, 6) is 4.58. The van der Waals surface area contributed by atoms with Crippen molar-refractivity contribution in [3.63, 3.8) is 0 Å².